The molecule has 1 N–H and O–H groups in total. The van der Waals surface area contributed by atoms with E-state index in [4.69, 9.17) is 5.11 Å². The van der Waals surface area contributed by atoms with Crippen LogP contribution in [0.15, 0.2) is 37.0 Å². The number of hydrogen-bond acceptors (Lipinski definition) is 5. The summed E-state index contributed by atoms with van der Waals surface area (Å²) in [6.45, 7) is 7.63. The summed E-state index contributed by atoms with van der Waals surface area (Å²) in [6.07, 6.45) is 2.94. The van der Waals surface area contributed by atoms with Crippen LogP contribution in [0.2, 0.25) is 0 Å². The lowest BCUT2D eigenvalue weighted by molar-refractivity contribution is -0.142. The molecule has 0 aromatic heterocycles. The van der Waals surface area contributed by atoms with Gasteiger partial charge in [-0.25, -0.2) is 4.79 Å². The van der Waals surface area contributed by atoms with Crippen LogP contribution in [0, 0.1) is 0 Å². The van der Waals surface area contributed by atoms with E-state index in [-0.39, 0.29) is 12.2 Å². The van der Waals surface area contributed by atoms with Crippen molar-refractivity contribution < 1.29 is 24.2 Å². The standard InChI is InChI=1S/C12H15NO5/c1-4-10(15)13(8-14)11(16)7-6-9(3)12(17)18-5-2/h4,6-7,14H,1,3,5,8H2,2H3. The van der Waals surface area contributed by atoms with Gasteiger partial charge in [-0.15, -0.1) is 0 Å². The Labute approximate surface area is 105 Å². The predicted molar refractivity (Wildman–Crippen MR) is 64.0 cm³/mol. The number of aliphatic hydroxyl groups excluding tert-OH is 1. The molecule has 6 nitrogen and oxygen atoms in total. The maximum absolute atomic E-state index is 11.5. The summed E-state index contributed by atoms with van der Waals surface area (Å²) in [7, 11) is 0. The van der Waals surface area contributed by atoms with Crippen LogP contribution in [0.1, 0.15) is 6.92 Å². The highest BCUT2D eigenvalue weighted by molar-refractivity contribution is 6.05. The van der Waals surface area contributed by atoms with Gasteiger partial charge in [0.15, 0.2) is 0 Å². The van der Waals surface area contributed by atoms with Crippen molar-refractivity contribution in [3.8, 4) is 0 Å². The van der Waals surface area contributed by atoms with E-state index in [9.17, 15) is 14.4 Å². The van der Waals surface area contributed by atoms with E-state index in [0.717, 1.165) is 18.2 Å². The molecule has 98 valence electrons. The monoisotopic (exact) mass is 253 g/mol. The molecule has 0 rings (SSSR count). The van der Waals surface area contributed by atoms with E-state index in [1.165, 1.54) is 0 Å². The fourth-order valence-corrected chi connectivity index (χ4v) is 0.912. The van der Waals surface area contributed by atoms with Gasteiger partial charge >= 0.3 is 5.97 Å². The lowest BCUT2D eigenvalue weighted by Crippen LogP contribution is -2.35. The molecule has 0 heterocycles. The lowest BCUT2D eigenvalue weighted by Gasteiger charge is -2.13. The smallest absolute Gasteiger partial charge is 0.337 e. The van der Waals surface area contributed by atoms with E-state index >= 15 is 0 Å². The molecule has 0 saturated heterocycles. The maximum atomic E-state index is 11.5. The second-order valence-corrected chi connectivity index (χ2v) is 3.03. The van der Waals surface area contributed by atoms with Gasteiger partial charge < -0.3 is 9.84 Å². The minimum absolute atomic E-state index is 0.0332. The molecule has 18 heavy (non-hydrogen) atoms. The van der Waals surface area contributed by atoms with Crippen molar-refractivity contribution in [2.45, 2.75) is 6.92 Å². The van der Waals surface area contributed by atoms with Crippen LogP contribution in [-0.2, 0) is 19.1 Å². The first-order valence-corrected chi connectivity index (χ1v) is 5.10. The van der Waals surface area contributed by atoms with Gasteiger partial charge in [0.1, 0.15) is 6.73 Å². The molecule has 0 atom stereocenters. The average molecular weight is 253 g/mol. The molecule has 0 spiro atoms. The van der Waals surface area contributed by atoms with E-state index < -0.39 is 24.5 Å². The Hall–Kier alpha value is -2.21. The fourth-order valence-electron chi connectivity index (χ4n) is 0.912. The van der Waals surface area contributed by atoms with Gasteiger partial charge in [-0.1, -0.05) is 13.2 Å². The van der Waals surface area contributed by atoms with E-state index in [1.807, 2.05) is 0 Å². The van der Waals surface area contributed by atoms with E-state index in [0.29, 0.717) is 4.90 Å². The SMILES string of the molecule is C=CC(=O)N(CO)C(=O)C=CC(=C)C(=O)OCC. The molecule has 0 unspecified atom stereocenters. The number of hydrogen-bond donors (Lipinski definition) is 1. The summed E-state index contributed by atoms with van der Waals surface area (Å²) in [5, 5.41) is 8.85. The molecule has 0 aromatic rings. The Morgan fingerprint density at radius 3 is 2.33 bits per heavy atom. The summed E-state index contributed by atoms with van der Waals surface area (Å²) in [6, 6.07) is 0. The van der Waals surface area contributed by atoms with Crippen molar-refractivity contribution in [1.29, 1.82) is 0 Å². The van der Waals surface area contributed by atoms with Crippen LogP contribution in [0.3, 0.4) is 0 Å². The molecule has 0 saturated carbocycles. The second-order valence-electron chi connectivity index (χ2n) is 3.03. The zero-order valence-electron chi connectivity index (χ0n) is 10.1. The lowest BCUT2D eigenvalue weighted by atomic mass is 10.2. The Kier molecular flexibility index (Phi) is 6.99. The third-order valence-corrected chi connectivity index (χ3v) is 1.81. The molecule has 0 aromatic carbocycles. The van der Waals surface area contributed by atoms with Crippen LogP contribution < -0.4 is 0 Å². The van der Waals surface area contributed by atoms with Crippen molar-refractivity contribution in [3.05, 3.63) is 37.0 Å². The summed E-state index contributed by atoms with van der Waals surface area (Å²) in [4.78, 5) is 34.3. The molecule has 0 aliphatic heterocycles. The number of amides is 2. The minimum Gasteiger partial charge on any atom is -0.462 e. The number of imide groups is 1. The van der Waals surface area contributed by atoms with Gasteiger partial charge in [0.05, 0.1) is 12.2 Å². The summed E-state index contributed by atoms with van der Waals surface area (Å²) in [5.74, 6) is -2.19. The number of rotatable bonds is 6. The molecule has 0 radical (unpaired) electrons. The van der Waals surface area contributed by atoms with E-state index in [2.05, 4.69) is 17.9 Å². The van der Waals surface area contributed by atoms with Crippen LogP contribution in [0.5, 0.6) is 0 Å². The number of nitrogens with zero attached hydrogens (tertiary/aromatic N) is 1. The first-order valence-electron chi connectivity index (χ1n) is 5.10. The molecule has 6 heteroatoms. The van der Waals surface area contributed by atoms with Crippen LogP contribution >= 0.6 is 0 Å². The quantitative estimate of drug-likeness (QED) is 0.315. The maximum Gasteiger partial charge on any atom is 0.337 e. The number of ether oxygens (including phenoxy) is 1. The first kappa shape index (κ1) is 15.8. The molecule has 0 fully saturated rings. The fraction of sp³-hybridized carbons (Fsp3) is 0.250. The van der Waals surface area contributed by atoms with Crippen molar-refractivity contribution in [2.75, 3.05) is 13.3 Å². The Balaban J connectivity index is 4.63. The van der Waals surface area contributed by atoms with Crippen LogP contribution in [0.4, 0.5) is 0 Å². The molecule has 0 aliphatic rings. The van der Waals surface area contributed by atoms with Crippen LogP contribution in [-0.4, -0.2) is 41.1 Å². The average Bonchev–Trinajstić information content (AvgIpc) is 2.36. The third-order valence-electron chi connectivity index (χ3n) is 1.81. The van der Waals surface area contributed by atoms with Gasteiger partial charge in [0.2, 0.25) is 0 Å². The molecule has 0 aliphatic carbocycles. The topological polar surface area (TPSA) is 83.9 Å². The molecular weight excluding hydrogens is 238 g/mol. The van der Waals surface area contributed by atoms with Crippen molar-refractivity contribution >= 4 is 17.8 Å². The molecular formula is C12H15NO5. The van der Waals surface area contributed by atoms with Crippen molar-refractivity contribution in [2.24, 2.45) is 0 Å². The normalized spacial score (nSPS) is 9.89. The second kappa shape index (κ2) is 7.97. The largest absolute Gasteiger partial charge is 0.462 e. The molecule has 0 bridgehead atoms. The molecule has 2 amide bonds. The summed E-state index contributed by atoms with van der Waals surface area (Å²) in [5.41, 5.74) is -0.0332. The zero-order chi connectivity index (χ0) is 14.1. The number of esters is 1. The van der Waals surface area contributed by atoms with Gasteiger partial charge in [-0.05, 0) is 19.1 Å². The predicted octanol–water partition coefficient (Wildman–Crippen LogP) is 0.153. The Morgan fingerprint density at radius 1 is 1.28 bits per heavy atom. The van der Waals surface area contributed by atoms with Gasteiger partial charge in [0.25, 0.3) is 11.8 Å². The van der Waals surface area contributed by atoms with E-state index in [1.54, 1.807) is 6.92 Å². The summed E-state index contributed by atoms with van der Waals surface area (Å²) >= 11 is 0. The van der Waals surface area contributed by atoms with Crippen molar-refractivity contribution in [3.63, 3.8) is 0 Å². The Bertz CT molecular complexity index is 397. The zero-order valence-corrected chi connectivity index (χ0v) is 10.1. The van der Waals surface area contributed by atoms with Crippen LogP contribution in [0.25, 0.3) is 0 Å². The third kappa shape index (κ3) is 4.75. The summed E-state index contributed by atoms with van der Waals surface area (Å²) < 4.78 is 4.64. The highest BCUT2D eigenvalue weighted by atomic mass is 16.5. The van der Waals surface area contributed by atoms with Gasteiger partial charge in [-0.3, -0.25) is 14.5 Å². The van der Waals surface area contributed by atoms with Gasteiger partial charge in [0, 0.05) is 6.08 Å². The minimum atomic E-state index is -0.784. The highest BCUT2D eigenvalue weighted by Crippen LogP contribution is 1.99. The number of carbonyl (C=O) groups excluding carboxylic acids is 3. The number of aliphatic hydroxyl groups is 1. The Morgan fingerprint density at radius 2 is 1.89 bits per heavy atom. The highest BCUT2D eigenvalue weighted by Gasteiger charge is 2.15. The van der Waals surface area contributed by atoms with Gasteiger partial charge in [-0.2, -0.15) is 0 Å². The van der Waals surface area contributed by atoms with Crippen molar-refractivity contribution in [1.82, 2.24) is 4.90 Å². The first-order chi connectivity index (χ1) is 8.47. The number of carbonyl (C=O) groups is 3.